The van der Waals surface area contributed by atoms with Crippen molar-refractivity contribution in [2.75, 3.05) is 17.3 Å². The fourth-order valence-corrected chi connectivity index (χ4v) is 3.49. The van der Waals surface area contributed by atoms with Crippen molar-refractivity contribution in [3.05, 3.63) is 41.5 Å². The van der Waals surface area contributed by atoms with Gasteiger partial charge in [0.05, 0.1) is 5.69 Å². The highest BCUT2D eigenvalue weighted by molar-refractivity contribution is 6.19. The molecule has 0 saturated heterocycles. The molecule has 0 N–H and O–H groups in total. The van der Waals surface area contributed by atoms with E-state index in [1.165, 1.54) is 0 Å². The molecule has 4 nitrogen and oxygen atoms in total. The van der Waals surface area contributed by atoms with Crippen molar-refractivity contribution in [2.45, 2.75) is 39.2 Å². The summed E-state index contributed by atoms with van der Waals surface area (Å²) in [6, 6.07) is 9.56. The van der Waals surface area contributed by atoms with Crippen LogP contribution in [0.25, 0.3) is 10.8 Å². The Labute approximate surface area is 152 Å². The van der Waals surface area contributed by atoms with Crippen LogP contribution < -0.4 is 4.90 Å². The van der Waals surface area contributed by atoms with Gasteiger partial charge in [-0.05, 0) is 56.2 Å². The molecule has 1 atom stereocenters. The van der Waals surface area contributed by atoms with E-state index in [9.17, 15) is 9.59 Å². The van der Waals surface area contributed by atoms with Crippen LogP contribution in [0.1, 0.15) is 49.5 Å². The molecule has 1 amide bonds. The molecule has 1 aliphatic heterocycles. The number of amides is 1. The minimum absolute atomic E-state index is 0.00935. The number of carbonyl (C=O) groups excluding carboxylic acids is 2. The van der Waals surface area contributed by atoms with Gasteiger partial charge in [0.1, 0.15) is 5.60 Å². The molecule has 2 aromatic carbocycles. The van der Waals surface area contributed by atoms with E-state index < -0.39 is 5.60 Å². The lowest BCUT2D eigenvalue weighted by Crippen LogP contribution is -2.36. The van der Waals surface area contributed by atoms with Crippen molar-refractivity contribution in [2.24, 2.45) is 0 Å². The Morgan fingerprint density at radius 3 is 2.52 bits per heavy atom. The highest BCUT2D eigenvalue weighted by Gasteiger charge is 2.35. The second kappa shape index (κ2) is 6.34. The van der Waals surface area contributed by atoms with Gasteiger partial charge < -0.3 is 4.74 Å². The first-order chi connectivity index (χ1) is 11.7. The van der Waals surface area contributed by atoms with Gasteiger partial charge in [0, 0.05) is 23.9 Å². The van der Waals surface area contributed by atoms with Crippen molar-refractivity contribution < 1.29 is 14.3 Å². The van der Waals surface area contributed by atoms with Gasteiger partial charge in [-0.2, -0.15) is 0 Å². The monoisotopic (exact) mass is 359 g/mol. The average molecular weight is 360 g/mol. The number of rotatable bonds is 2. The zero-order valence-electron chi connectivity index (χ0n) is 14.9. The Balaban J connectivity index is 2.13. The molecule has 3 rings (SSSR count). The summed E-state index contributed by atoms with van der Waals surface area (Å²) in [4.78, 5) is 26.0. The fourth-order valence-electron chi connectivity index (χ4n) is 3.24. The van der Waals surface area contributed by atoms with Crippen molar-refractivity contribution >= 4 is 39.9 Å². The topological polar surface area (TPSA) is 46.6 Å². The first-order valence-electron chi connectivity index (χ1n) is 8.35. The molecule has 2 aromatic rings. The maximum Gasteiger partial charge on any atom is 0.414 e. The summed E-state index contributed by atoms with van der Waals surface area (Å²) in [5, 5.41) is 2.01. The van der Waals surface area contributed by atoms with E-state index in [2.05, 4.69) is 0 Å². The van der Waals surface area contributed by atoms with Crippen LogP contribution in [0.15, 0.2) is 30.3 Å². The van der Waals surface area contributed by atoms with Gasteiger partial charge >= 0.3 is 6.09 Å². The van der Waals surface area contributed by atoms with E-state index in [0.29, 0.717) is 18.0 Å². The van der Waals surface area contributed by atoms with Gasteiger partial charge in [0.2, 0.25) is 0 Å². The summed E-state index contributed by atoms with van der Waals surface area (Å²) in [6.07, 6.45) is -0.372. The van der Waals surface area contributed by atoms with Crippen LogP contribution in [0.2, 0.25) is 0 Å². The number of anilines is 1. The molecule has 0 aromatic heterocycles. The Morgan fingerprint density at radius 2 is 1.92 bits per heavy atom. The van der Waals surface area contributed by atoms with E-state index in [1.54, 1.807) is 11.8 Å². The van der Waals surface area contributed by atoms with Crippen LogP contribution in [0.5, 0.6) is 0 Å². The SMILES string of the molecule is CC(=O)c1ccc2ccc3c(c2c1)C(CCl)CN3C(=O)OC(C)(C)C. The van der Waals surface area contributed by atoms with E-state index in [-0.39, 0.29) is 17.8 Å². The van der Waals surface area contributed by atoms with Crippen LogP contribution in [0, 0.1) is 0 Å². The summed E-state index contributed by atoms with van der Waals surface area (Å²) in [7, 11) is 0. The van der Waals surface area contributed by atoms with Gasteiger partial charge in [-0.15, -0.1) is 11.6 Å². The molecule has 5 heteroatoms. The number of halogens is 1. The number of fused-ring (bicyclic) bond motifs is 3. The van der Waals surface area contributed by atoms with E-state index in [1.807, 2.05) is 51.1 Å². The smallest absolute Gasteiger partial charge is 0.414 e. The van der Waals surface area contributed by atoms with Gasteiger partial charge in [-0.25, -0.2) is 4.79 Å². The molecule has 132 valence electrons. The Hall–Kier alpha value is -2.07. The molecule has 0 aliphatic carbocycles. The molecule has 0 spiro atoms. The summed E-state index contributed by atoms with van der Waals surface area (Å²) < 4.78 is 5.54. The first kappa shape index (κ1) is 17.7. The number of nitrogens with zero attached hydrogens (tertiary/aromatic N) is 1. The maximum atomic E-state index is 12.6. The summed E-state index contributed by atoms with van der Waals surface area (Å²) in [5.41, 5.74) is 1.93. The predicted octanol–water partition coefficient (Wildman–Crippen LogP) is 5.12. The third kappa shape index (κ3) is 3.36. The molecular weight excluding hydrogens is 338 g/mol. The Morgan fingerprint density at radius 1 is 1.24 bits per heavy atom. The van der Waals surface area contributed by atoms with E-state index in [4.69, 9.17) is 16.3 Å². The van der Waals surface area contributed by atoms with Gasteiger partial charge in [0.15, 0.2) is 5.78 Å². The molecule has 0 saturated carbocycles. The number of alkyl halides is 1. The molecule has 1 aliphatic rings. The standard InChI is InChI=1S/C20H22ClNO3/c1-12(23)14-6-5-13-7-8-17-18(16(13)9-14)15(10-21)11-22(17)19(24)25-20(2,3)4/h5-9,15H,10-11H2,1-4H3. The Bertz CT molecular complexity index is 854. The fraction of sp³-hybridized carbons (Fsp3) is 0.400. The number of hydrogen-bond acceptors (Lipinski definition) is 3. The van der Waals surface area contributed by atoms with Crippen LogP contribution >= 0.6 is 11.6 Å². The van der Waals surface area contributed by atoms with Crippen molar-refractivity contribution in [3.8, 4) is 0 Å². The highest BCUT2D eigenvalue weighted by atomic mass is 35.5. The van der Waals surface area contributed by atoms with Gasteiger partial charge in [-0.1, -0.05) is 18.2 Å². The lowest BCUT2D eigenvalue weighted by Gasteiger charge is -2.25. The molecule has 1 heterocycles. The molecular formula is C20H22ClNO3. The van der Waals surface area contributed by atoms with Gasteiger partial charge in [-0.3, -0.25) is 9.69 Å². The second-order valence-electron chi connectivity index (χ2n) is 7.43. The zero-order chi connectivity index (χ0) is 18.4. The lowest BCUT2D eigenvalue weighted by atomic mass is 9.94. The van der Waals surface area contributed by atoms with Crippen molar-refractivity contribution in [1.29, 1.82) is 0 Å². The third-order valence-electron chi connectivity index (χ3n) is 4.35. The van der Waals surface area contributed by atoms with Crippen LogP contribution in [0.4, 0.5) is 10.5 Å². The number of carbonyl (C=O) groups is 2. The minimum Gasteiger partial charge on any atom is -0.443 e. The largest absolute Gasteiger partial charge is 0.443 e. The quantitative estimate of drug-likeness (QED) is 0.552. The van der Waals surface area contributed by atoms with Crippen molar-refractivity contribution in [3.63, 3.8) is 0 Å². The lowest BCUT2D eigenvalue weighted by molar-refractivity contribution is 0.0582. The summed E-state index contributed by atoms with van der Waals surface area (Å²) >= 11 is 6.20. The molecule has 25 heavy (non-hydrogen) atoms. The molecule has 0 bridgehead atoms. The molecule has 1 unspecified atom stereocenters. The maximum absolute atomic E-state index is 12.6. The zero-order valence-corrected chi connectivity index (χ0v) is 15.7. The number of ether oxygens (including phenoxy) is 1. The predicted molar refractivity (Wildman–Crippen MR) is 101 cm³/mol. The normalized spacial score (nSPS) is 16.8. The summed E-state index contributed by atoms with van der Waals surface area (Å²) in [5.74, 6) is 0.425. The number of benzene rings is 2. The minimum atomic E-state index is -0.561. The molecule has 0 radical (unpaired) electrons. The summed E-state index contributed by atoms with van der Waals surface area (Å²) in [6.45, 7) is 7.58. The van der Waals surface area contributed by atoms with Gasteiger partial charge in [0.25, 0.3) is 0 Å². The van der Waals surface area contributed by atoms with Crippen LogP contribution in [-0.2, 0) is 4.74 Å². The molecule has 0 fully saturated rings. The van der Waals surface area contributed by atoms with Crippen molar-refractivity contribution in [1.82, 2.24) is 0 Å². The second-order valence-corrected chi connectivity index (χ2v) is 7.74. The Kier molecular flexibility index (Phi) is 4.50. The van der Waals surface area contributed by atoms with E-state index in [0.717, 1.165) is 22.0 Å². The van der Waals surface area contributed by atoms with Crippen LogP contribution in [0.3, 0.4) is 0 Å². The average Bonchev–Trinajstić information content (AvgIpc) is 2.92. The third-order valence-corrected chi connectivity index (χ3v) is 4.72. The number of Topliss-reactive ketones (excluding diaryl/α,β-unsaturated/α-hetero) is 1. The highest BCUT2D eigenvalue weighted by Crippen LogP contribution is 2.42. The first-order valence-corrected chi connectivity index (χ1v) is 8.89. The number of ketones is 1. The number of hydrogen-bond donors (Lipinski definition) is 0. The van der Waals surface area contributed by atoms with Crippen LogP contribution in [-0.4, -0.2) is 29.9 Å². The van der Waals surface area contributed by atoms with E-state index >= 15 is 0 Å².